The summed E-state index contributed by atoms with van der Waals surface area (Å²) in [5.74, 6) is 2.50. The number of aromatic nitrogens is 2. The van der Waals surface area contributed by atoms with E-state index in [2.05, 4.69) is 56.9 Å². The van der Waals surface area contributed by atoms with Gasteiger partial charge in [-0.05, 0) is 19.8 Å². The van der Waals surface area contributed by atoms with Crippen LogP contribution in [-0.2, 0) is 13.0 Å². The quantitative estimate of drug-likeness (QED) is 0.902. The predicted octanol–water partition coefficient (Wildman–Crippen LogP) is 2.38. The first-order valence-electron chi connectivity index (χ1n) is 7.92. The highest BCUT2D eigenvalue weighted by atomic mass is 15.2. The van der Waals surface area contributed by atoms with Crippen LogP contribution in [0.2, 0.25) is 0 Å². The summed E-state index contributed by atoms with van der Waals surface area (Å²) in [4.78, 5) is 14.1. The Bertz CT molecular complexity index is 482. The fourth-order valence-electron chi connectivity index (χ4n) is 2.82. The average molecular weight is 291 g/mol. The van der Waals surface area contributed by atoms with Gasteiger partial charge >= 0.3 is 0 Å². The van der Waals surface area contributed by atoms with Gasteiger partial charge in [-0.25, -0.2) is 4.98 Å². The normalized spacial score (nSPS) is 15.4. The van der Waals surface area contributed by atoms with E-state index in [9.17, 15) is 0 Å². The monoisotopic (exact) mass is 291 g/mol. The van der Waals surface area contributed by atoms with Gasteiger partial charge in [0, 0.05) is 51.8 Å². The van der Waals surface area contributed by atoms with Gasteiger partial charge in [-0.2, -0.15) is 4.98 Å². The van der Waals surface area contributed by atoms with Gasteiger partial charge in [0.15, 0.2) is 0 Å². The molecule has 1 aromatic rings. The maximum atomic E-state index is 4.73. The lowest BCUT2D eigenvalue weighted by Gasteiger charge is -2.32. The third kappa shape index (κ3) is 4.06. The summed E-state index contributed by atoms with van der Waals surface area (Å²) >= 11 is 0. The SMILES string of the molecule is CC(C)CN1CCc2nc(NC(C)C)nc(N(C)C)c2C1. The van der Waals surface area contributed by atoms with Crippen LogP contribution in [-0.4, -0.2) is 48.1 Å². The molecule has 0 radical (unpaired) electrons. The topological polar surface area (TPSA) is 44.3 Å². The van der Waals surface area contributed by atoms with Crippen molar-refractivity contribution in [2.75, 3.05) is 37.4 Å². The summed E-state index contributed by atoms with van der Waals surface area (Å²) < 4.78 is 0. The van der Waals surface area contributed by atoms with E-state index in [4.69, 9.17) is 9.97 Å². The molecule has 0 saturated heterocycles. The molecule has 0 fully saturated rings. The minimum atomic E-state index is 0.346. The number of hydrogen-bond donors (Lipinski definition) is 1. The van der Waals surface area contributed by atoms with E-state index in [0.717, 1.165) is 37.8 Å². The van der Waals surface area contributed by atoms with Crippen molar-refractivity contribution in [3.05, 3.63) is 11.3 Å². The lowest BCUT2D eigenvalue weighted by atomic mass is 10.0. The number of nitrogens with one attached hydrogen (secondary N) is 1. The molecular formula is C16H29N5. The Kier molecular flexibility index (Phi) is 5.04. The van der Waals surface area contributed by atoms with E-state index in [0.29, 0.717) is 12.0 Å². The van der Waals surface area contributed by atoms with Crippen LogP contribution >= 0.6 is 0 Å². The number of anilines is 2. The van der Waals surface area contributed by atoms with Crippen molar-refractivity contribution in [3.63, 3.8) is 0 Å². The van der Waals surface area contributed by atoms with Crippen LogP contribution in [0, 0.1) is 5.92 Å². The molecule has 0 atom stereocenters. The molecule has 1 aliphatic heterocycles. The maximum absolute atomic E-state index is 4.73. The number of rotatable bonds is 5. The summed E-state index contributed by atoms with van der Waals surface area (Å²) in [5.41, 5.74) is 2.50. The Balaban J connectivity index is 2.30. The molecule has 2 heterocycles. The van der Waals surface area contributed by atoms with Gasteiger partial charge in [0.05, 0.1) is 5.69 Å². The lowest BCUT2D eigenvalue weighted by Crippen LogP contribution is -2.35. The maximum Gasteiger partial charge on any atom is 0.225 e. The van der Waals surface area contributed by atoms with Crippen LogP contribution in [0.1, 0.15) is 39.0 Å². The van der Waals surface area contributed by atoms with E-state index in [1.165, 1.54) is 11.3 Å². The fraction of sp³-hybridized carbons (Fsp3) is 0.750. The smallest absolute Gasteiger partial charge is 0.225 e. The van der Waals surface area contributed by atoms with E-state index < -0.39 is 0 Å². The molecule has 1 aliphatic rings. The van der Waals surface area contributed by atoms with Crippen molar-refractivity contribution < 1.29 is 0 Å². The van der Waals surface area contributed by atoms with Crippen molar-refractivity contribution in [1.82, 2.24) is 14.9 Å². The Labute approximate surface area is 128 Å². The van der Waals surface area contributed by atoms with Gasteiger partial charge in [0.1, 0.15) is 5.82 Å². The van der Waals surface area contributed by atoms with Gasteiger partial charge < -0.3 is 10.2 Å². The molecule has 1 aromatic heterocycles. The van der Waals surface area contributed by atoms with Crippen molar-refractivity contribution >= 4 is 11.8 Å². The number of nitrogens with zero attached hydrogens (tertiary/aromatic N) is 4. The van der Waals surface area contributed by atoms with Gasteiger partial charge in [0.25, 0.3) is 0 Å². The standard InChI is InChI=1S/C16H29N5/c1-11(2)9-21-8-7-14-13(10-21)15(20(5)6)19-16(18-14)17-12(3)4/h11-12H,7-10H2,1-6H3,(H,17,18,19). The summed E-state index contributed by atoms with van der Waals surface area (Å²) in [5, 5.41) is 3.33. The van der Waals surface area contributed by atoms with Crippen molar-refractivity contribution in [2.45, 2.75) is 46.7 Å². The molecule has 0 saturated carbocycles. The van der Waals surface area contributed by atoms with Gasteiger partial charge in [-0.1, -0.05) is 13.8 Å². The zero-order valence-electron chi connectivity index (χ0n) is 14.3. The molecule has 1 N–H and O–H groups in total. The summed E-state index contributed by atoms with van der Waals surface area (Å²) in [6, 6.07) is 0.346. The summed E-state index contributed by atoms with van der Waals surface area (Å²) in [7, 11) is 4.12. The molecule has 0 amide bonds. The second kappa shape index (κ2) is 6.60. The minimum absolute atomic E-state index is 0.346. The summed E-state index contributed by atoms with van der Waals surface area (Å²) in [6.45, 7) is 12.0. The van der Waals surface area contributed by atoms with E-state index in [1.54, 1.807) is 0 Å². The van der Waals surface area contributed by atoms with E-state index in [-0.39, 0.29) is 0 Å². The first-order chi connectivity index (χ1) is 9.86. The molecule has 118 valence electrons. The van der Waals surface area contributed by atoms with Crippen LogP contribution in [0.3, 0.4) is 0 Å². The highest BCUT2D eigenvalue weighted by molar-refractivity contribution is 5.52. The fourth-order valence-corrected chi connectivity index (χ4v) is 2.82. The number of fused-ring (bicyclic) bond motifs is 1. The molecule has 0 spiro atoms. The van der Waals surface area contributed by atoms with E-state index >= 15 is 0 Å². The highest BCUT2D eigenvalue weighted by Crippen LogP contribution is 2.27. The van der Waals surface area contributed by atoms with Gasteiger partial charge in [-0.15, -0.1) is 0 Å². The second-order valence-electron chi connectivity index (χ2n) is 6.87. The predicted molar refractivity (Wildman–Crippen MR) is 88.9 cm³/mol. The molecule has 21 heavy (non-hydrogen) atoms. The zero-order chi connectivity index (χ0) is 15.6. The first kappa shape index (κ1) is 16.0. The van der Waals surface area contributed by atoms with Crippen molar-refractivity contribution in [1.29, 1.82) is 0 Å². The molecule has 0 aliphatic carbocycles. The van der Waals surface area contributed by atoms with Crippen LogP contribution in [0.25, 0.3) is 0 Å². The van der Waals surface area contributed by atoms with Crippen LogP contribution in [0.15, 0.2) is 0 Å². The first-order valence-corrected chi connectivity index (χ1v) is 7.92. The molecule has 2 rings (SSSR count). The zero-order valence-corrected chi connectivity index (χ0v) is 14.3. The Morgan fingerprint density at radius 2 is 1.90 bits per heavy atom. The summed E-state index contributed by atoms with van der Waals surface area (Å²) in [6.07, 6.45) is 1.01. The Morgan fingerprint density at radius 3 is 2.48 bits per heavy atom. The van der Waals surface area contributed by atoms with Gasteiger partial charge in [-0.3, -0.25) is 4.90 Å². The molecule has 5 heteroatoms. The third-order valence-corrected chi connectivity index (χ3v) is 3.58. The lowest BCUT2D eigenvalue weighted by molar-refractivity contribution is 0.224. The molecular weight excluding hydrogens is 262 g/mol. The Morgan fingerprint density at radius 1 is 1.19 bits per heavy atom. The second-order valence-corrected chi connectivity index (χ2v) is 6.87. The number of hydrogen-bond acceptors (Lipinski definition) is 5. The van der Waals surface area contributed by atoms with Crippen LogP contribution in [0.5, 0.6) is 0 Å². The Hall–Kier alpha value is -1.36. The highest BCUT2D eigenvalue weighted by Gasteiger charge is 2.23. The van der Waals surface area contributed by atoms with Crippen molar-refractivity contribution in [3.8, 4) is 0 Å². The van der Waals surface area contributed by atoms with Crippen LogP contribution in [0.4, 0.5) is 11.8 Å². The van der Waals surface area contributed by atoms with E-state index in [1.807, 2.05) is 0 Å². The largest absolute Gasteiger partial charge is 0.362 e. The third-order valence-electron chi connectivity index (χ3n) is 3.58. The molecule has 5 nitrogen and oxygen atoms in total. The molecule has 0 unspecified atom stereocenters. The van der Waals surface area contributed by atoms with Crippen molar-refractivity contribution in [2.24, 2.45) is 5.92 Å². The minimum Gasteiger partial charge on any atom is -0.362 e. The molecule has 0 aromatic carbocycles. The molecule has 0 bridgehead atoms. The van der Waals surface area contributed by atoms with Crippen LogP contribution < -0.4 is 10.2 Å². The average Bonchev–Trinajstić information content (AvgIpc) is 2.36. The van der Waals surface area contributed by atoms with Gasteiger partial charge in [0.2, 0.25) is 5.95 Å².